The number of rotatable bonds is 4. The third kappa shape index (κ3) is 2.56. The monoisotopic (exact) mass is 346 g/mol. The molecule has 0 aliphatic rings. The van der Waals surface area contributed by atoms with Crippen LogP contribution in [0.4, 0.5) is 5.69 Å². The standard InChI is InChI=1S/C21H22N4O/c1-4-14-6-9-19-17(10-14)13(3)20(25(19)5-2)21(26)23-16-8-7-15-12-22-24-18(15)11-16/h6-12H,4-5H2,1-3H3,(H,22,24)(H,23,26). The summed E-state index contributed by atoms with van der Waals surface area (Å²) < 4.78 is 2.09. The summed E-state index contributed by atoms with van der Waals surface area (Å²) >= 11 is 0. The Hall–Kier alpha value is -3.08. The summed E-state index contributed by atoms with van der Waals surface area (Å²) in [5.74, 6) is -0.0857. The van der Waals surface area contributed by atoms with E-state index in [-0.39, 0.29) is 5.91 Å². The van der Waals surface area contributed by atoms with Crippen molar-refractivity contribution in [3.05, 3.63) is 59.4 Å². The summed E-state index contributed by atoms with van der Waals surface area (Å²) in [4.78, 5) is 13.1. The van der Waals surface area contributed by atoms with E-state index in [4.69, 9.17) is 0 Å². The van der Waals surface area contributed by atoms with Gasteiger partial charge in [-0.15, -0.1) is 0 Å². The lowest BCUT2D eigenvalue weighted by Gasteiger charge is -2.10. The second-order valence-corrected chi connectivity index (χ2v) is 6.55. The van der Waals surface area contributed by atoms with Crippen LogP contribution in [0.15, 0.2) is 42.6 Å². The molecule has 2 N–H and O–H groups in total. The van der Waals surface area contributed by atoms with Crippen LogP contribution in [0.25, 0.3) is 21.8 Å². The first-order valence-electron chi connectivity index (χ1n) is 8.98. The van der Waals surface area contributed by atoms with Gasteiger partial charge in [0, 0.05) is 28.5 Å². The zero-order valence-electron chi connectivity index (χ0n) is 15.3. The number of hydrogen-bond donors (Lipinski definition) is 2. The maximum absolute atomic E-state index is 13.1. The summed E-state index contributed by atoms with van der Waals surface area (Å²) in [5.41, 5.74) is 5.80. The Morgan fingerprint density at radius 3 is 2.81 bits per heavy atom. The van der Waals surface area contributed by atoms with Gasteiger partial charge in [-0.2, -0.15) is 5.10 Å². The number of aromatic nitrogens is 3. The number of hydrogen-bond acceptors (Lipinski definition) is 2. The number of aryl methyl sites for hydroxylation is 3. The molecule has 0 bridgehead atoms. The van der Waals surface area contributed by atoms with Crippen LogP contribution in [0.5, 0.6) is 0 Å². The van der Waals surface area contributed by atoms with Crippen molar-refractivity contribution >= 4 is 33.4 Å². The van der Waals surface area contributed by atoms with Crippen LogP contribution < -0.4 is 5.32 Å². The second kappa shape index (κ2) is 6.33. The number of benzene rings is 2. The van der Waals surface area contributed by atoms with E-state index in [1.807, 2.05) is 25.1 Å². The number of anilines is 1. The molecule has 0 fully saturated rings. The van der Waals surface area contributed by atoms with Crippen molar-refractivity contribution in [3.63, 3.8) is 0 Å². The van der Waals surface area contributed by atoms with Gasteiger partial charge in [-0.05, 0) is 61.7 Å². The van der Waals surface area contributed by atoms with E-state index in [1.165, 1.54) is 5.56 Å². The van der Waals surface area contributed by atoms with Crippen LogP contribution in [0.2, 0.25) is 0 Å². The van der Waals surface area contributed by atoms with Crippen molar-refractivity contribution in [2.45, 2.75) is 33.7 Å². The predicted octanol–water partition coefficient (Wildman–Crippen LogP) is 4.66. The normalized spacial score (nSPS) is 11.3. The van der Waals surface area contributed by atoms with Crippen molar-refractivity contribution in [2.75, 3.05) is 5.32 Å². The minimum absolute atomic E-state index is 0.0857. The Labute approximate surface area is 152 Å². The lowest BCUT2D eigenvalue weighted by Crippen LogP contribution is -2.17. The Morgan fingerprint density at radius 1 is 1.19 bits per heavy atom. The maximum atomic E-state index is 13.1. The average molecular weight is 346 g/mol. The fraction of sp³-hybridized carbons (Fsp3) is 0.238. The molecule has 0 saturated carbocycles. The molecular weight excluding hydrogens is 324 g/mol. The predicted molar refractivity (Wildman–Crippen MR) is 106 cm³/mol. The van der Waals surface area contributed by atoms with Crippen molar-refractivity contribution in [3.8, 4) is 0 Å². The van der Waals surface area contributed by atoms with Gasteiger partial charge in [-0.25, -0.2) is 0 Å². The minimum Gasteiger partial charge on any atom is -0.337 e. The fourth-order valence-electron chi connectivity index (χ4n) is 3.62. The van der Waals surface area contributed by atoms with E-state index in [0.29, 0.717) is 0 Å². The molecule has 2 heterocycles. The van der Waals surface area contributed by atoms with Crippen molar-refractivity contribution in [1.29, 1.82) is 0 Å². The number of carbonyl (C=O) groups excluding carboxylic acids is 1. The molecule has 5 heteroatoms. The molecular formula is C21H22N4O. The summed E-state index contributed by atoms with van der Waals surface area (Å²) in [6, 6.07) is 12.2. The summed E-state index contributed by atoms with van der Waals surface area (Å²) in [5, 5.41) is 12.2. The van der Waals surface area contributed by atoms with Gasteiger partial charge in [0.1, 0.15) is 5.69 Å². The van der Waals surface area contributed by atoms with E-state index in [1.54, 1.807) is 6.20 Å². The van der Waals surface area contributed by atoms with E-state index in [2.05, 4.69) is 52.1 Å². The lowest BCUT2D eigenvalue weighted by molar-refractivity contribution is 0.101. The highest BCUT2D eigenvalue weighted by Gasteiger charge is 2.20. The quantitative estimate of drug-likeness (QED) is 0.564. The zero-order valence-corrected chi connectivity index (χ0v) is 15.3. The molecule has 2 aromatic heterocycles. The zero-order chi connectivity index (χ0) is 18.3. The topological polar surface area (TPSA) is 62.7 Å². The number of nitrogens with zero attached hydrogens (tertiary/aromatic N) is 2. The number of H-pyrrole nitrogens is 1. The number of aromatic amines is 1. The SMILES string of the molecule is CCc1ccc2c(c1)c(C)c(C(=O)Nc1ccc3cn[nH]c3c1)n2CC. The Morgan fingerprint density at radius 2 is 2.04 bits per heavy atom. The van der Waals surface area contributed by atoms with E-state index in [9.17, 15) is 4.79 Å². The van der Waals surface area contributed by atoms with Crippen LogP contribution >= 0.6 is 0 Å². The molecule has 1 amide bonds. The van der Waals surface area contributed by atoms with Crippen LogP contribution in [0.1, 0.15) is 35.5 Å². The van der Waals surface area contributed by atoms with Crippen LogP contribution in [0.3, 0.4) is 0 Å². The summed E-state index contributed by atoms with van der Waals surface area (Å²) in [6.07, 6.45) is 2.75. The van der Waals surface area contributed by atoms with Gasteiger partial charge in [0.25, 0.3) is 5.91 Å². The fourth-order valence-corrected chi connectivity index (χ4v) is 3.62. The van der Waals surface area contributed by atoms with Gasteiger partial charge in [0.2, 0.25) is 0 Å². The van der Waals surface area contributed by atoms with Gasteiger partial charge in [0.05, 0.1) is 11.7 Å². The molecule has 4 rings (SSSR count). The molecule has 0 unspecified atom stereocenters. The maximum Gasteiger partial charge on any atom is 0.272 e. The van der Waals surface area contributed by atoms with E-state index >= 15 is 0 Å². The van der Waals surface area contributed by atoms with Crippen LogP contribution in [0, 0.1) is 6.92 Å². The van der Waals surface area contributed by atoms with E-state index < -0.39 is 0 Å². The number of amides is 1. The van der Waals surface area contributed by atoms with Gasteiger partial charge >= 0.3 is 0 Å². The van der Waals surface area contributed by atoms with Crippen molar-refractivity contribution < 1.29 is 4.79 Å². The molecule has 0 aliphatic carbocycles. The molecule has 0 saturated heterocycles. The number of nitrogens with one attached hydrogen (secondary N) is 2. The molecule has 0 atom stereocenters. The molecule has 26 heavy (non-hydrogen) atoms. The molecule has 0 radical (unpaired) electrons. The van der Waals surface area contributed by atoms with Gasteiger partial charge in [-0.1, -0.05) is 13.0 Å². The summed E-state index contributed by atoms with van der Waals surface area (Å²) in [6.45, 7) is 6.99. The Bertz CT molecular complexity index is 1120. The second-order valence-electron chi connectivity index (χ2n) is 6.55. The first-order chi connectivity index (χ1) is 12.6. The third-order valence-electron chi connectivity index (χ3n) is 5.02. The molecule has 132 valence electrons. The highest BCUT2D eigenvalue weighted by molar-refractivity contribution is 6.09. The lowest BCUT2D eigenvalue weighted by atomic mass is 10.1. The van der Waals surface area contributed by atoms with E-state index in [0.717, 1.165) is 51.7 Å². The molecule has 5 nitrogen and oxygen atoms in total. The van der Waals surface area contributed by atoms with Crippen molar-refractivity contribution in [2.24, 2.45) is 0 Å². The van der Waals surface area contributed by atoms with Gasteiger partial charge < -0.3 is 9.88 Å². The molecule has 4 aromatic rings. The van der Waals surface area contributed by atoms with Crippen LogP contribution in [-0.2, 0) is 13.0 Å². The van der Waals surface area contributed by atoms with Crippen molar-refractivity contribution in [1.82, 2.24) is 14.8 Å². The smallest absolute Gasteiger partial charge is 0.272 e. The minimum atomic E-state index is -0.0857. The number of fused-ring (bicyclic) bond motifs is 2. The van der Waals surface area contributed by atoms with Gasteiger partial charge in [-0.3, -0.25) is 9.89 Å². The largest absolute Gasteiger partial charge is 0.337 e. The molecule has 0 aliphatic heterocycles. The average Bonchev–Trinajstić information content (AvgIpc) is 3.23. The highest BCUT2D eigenvalue weighted by Crippen LogP contribution is 2.28. The first kappa shape index (κ1) is 16.4. The van der Waals surface area contributed by atoms with Crippen LogP contribution in [-0.4, -0.2) is 20.7 Å². The third-order valence-corrected chi connectivity index (χ3v) is 5.02. The molecule has 2 aromatic carbocycles. The van der Waals surface area contributed by atoms with Gasteiger partial charge in [0.15, 0.2) is 0 Å². The Balaban J connectivity index is 1.76. The highest BCUT2D eigenvalue weighted by atomic mass is 16.2. The summed E-state index contributed by atoms with van der Waals surface area (Å²) in [7, 11) is 0. The first-order valence-corrected chi connectivity index (χ1v) is 8.98. The number of carbonyl (C=O) groups is 1. The molecule has 0 spiro atoms. The Kier molecular flexibility index (Phi) is 3.99.